The first kappa shape index (κ1) is 17.3. The van der Waals surface area contributed by atoms with E-state index in [1.165, 1.54) is 18.2 Å². The Morgan fingerprint density at radius 2 is 2.27 bits per heavy atom. The fourth-order valence-corrected chi connectivity index (χ4v) is 4.87. The molecule has 3 aromatic heterocycles. The van der Waals surface area contributed by atoms with E-state index in [1.54, 1.807) is 23.9 Å². The lowest BCUT2D eigenvalue weighted by Gasteiger charge is -2.27. The van der Waals surface area contributed by atoms with Gasteiger partial charge in [-0.25, -0.2) is 9.97 Å². The highest BCUT2D eigenvalue weighted by molar-refractivity contribution is 8.00. The summed E-state index contributed by atoms with van der Waals surface area (Å²) in [6, 6.07) is 5.75. The van der Waals surface area contributed by atoms with Crippen LogP contribution in [0.1, 0.15) is 31.4 Å². The molecule has 0 aliphatic heterocycles. The van der Waals surface area contributed by atoms with Gasteiger partial charge < -0.3 is 9.32 Å². The van der Waals surface area contributed by atoms with Crippen molar-refractivity contribution in [1.82, 2.24) is 14.9 Å². The van der Waals surface area contributed by atoms with Crippen molar-refractivity contribution in [3.05, 3.63) is 53.7 Å². The molecule has 5 nitrogen and oxygen atoms in total. The van der Waals surface area contributed by atoms with Crippen molar-refractivity contribution in [3.63, 3.8) is 0 Å². The van der Waals surface area contributed by atoms with Crippen LogP contribution in [0.2, 0.25) is 0 Å². The van der Waals surface area contributed by atoms with E-state index >= 15 is 0 Å². The van der Waals surface area contributed by atoms with Crippen molar-refractivity contribution in [1.29, 1.82) is 0 Å². The lowest BCUT2D eigenvalue weighted by molar-refractivity contribution is -0.127. The molecule has 0 aromatic carbocycles. The maximum atomic E-state index is 13.0. The zero-order valence-corrected chi connectivity index (χ0v) is 15.9. The molecule has 0 saturated carbocycles. The molecule has 0 atom stereocenters. The van der Waals surface area contributed by atoms with Crippen LogP contribution in [0.15, 0.2) is 57.4 Å². The quantitative estimate of drug-likeness (QED) is 0.448. The van der Waals surface area contributed by atoms with E-state index in [0.29, 0.717) is 12.3 Å². The van der Waals surface area contributed by atoms with E-state index in [4.69, 9.17) is 4.42 Å². The van der Waals surface area contributed by atoms with Gasteiger partial charge in [0.05, 0.1) is 28.8 Å². The second-order valence-electron chi connectivity index (χ2n) is 6.10. The third kappa shape index (κ3) is 3.83. The Balaban J connectivity index is 1.50. The summed E-state index contributed by atoms with van der Waals surface area (Å²) in [6.07, 6.45) is 9.70. The number of amides is 1. The molecule has 0 N–H and O–H groups in total. The zero-order chi connectivity index (χ0) is 17.8. The van der Waals surface area contributed by atoms with Gasteiger partial charge in [-0.1, -0.05) is 17.8 Å². The van der Waals surface area contributed by atoms with Gasteiger partial charge in [-0.05, 0) is 49.3 Å². The molecule has 3 heterocycles. The summed E-state index contributed by atoms with van der Waals surface area (Å²) in [5.41, 5.74) is 2.05. The predicted octanol–water partition coefficient (Wildman–Crippen LogP) is 4.86. The molecule has 7 heteroatoms. The van der Waals surface area contributed by atoms with Gasteiger partial charge in [-0.15, -0.1) is 11.3 Å². The molecule has 1 aliphatic rings. The first-order chi connectivity index (χ1) is 12.8. The number of nitrogens with zero attached hydrogens (tertiary/aromatic N) is 3. The number of thioether (sulfide) groups is 1. The molecular weight excluding hydrogens is 366 g/mol. The summed E-state index contributed by atoms with van der Waals surface area (Å²) < 4.78 is 6.51. The van der Waals surface area contributed by atoms with Crippen LogP contribution in [0, 0.1) is 0 Å². The van der Waals surface area contributed by atoms with E-state index in [9.17, 15) is 4.79 Å². The van der Waals surface area contributed by atoms with Gasteiger partial charge in [0, 0.05) is 5.70 Å². The van der Waals surface area contributed by atoms with E-state index in [1.807, 2.05) is 28.5 Å². The van der Waals surface area contributed by atoms with Gasteiger partial charge in [0.15, 0.2) is 0 Å². The molecule has 134 valence electrons. The van der Waals surface area contributed by atoms with Gasteiger partial charge in [0.2, 0.25) is 5.91 Å². The SMILES string of the molecule is O=C(CSc1ncnc2ccsc12)N(Cc1ccco1)C1=CCCCC1. The molecule has 0 spiro atoms. The Morgan fingerprint density at radius 3 is 3.08 bits per heavy atom. The molecular formula is C19H19N3O2S2. The number of fused-ring (bicyclic) bond motifs is 1. The molecule has 1 amide bonds. The van der Waals surface area contributed by atoms with Gasteiger partial charge >= 0.3 is 0 Å². The van der Waals surface area contributed by atoms with Gasteiger partial charge in [0.1, 0.15) is 17.1 Å². The van der Waals surface area contributed by atoms with Crippen LogP contribution in [0.3, 0.4) is 0 Å². The van der Waals surface area contributed by atoms with Crippen LogP contribution in [0.25, 0.3) is 10.2 Å². The Labute approximate surface area is 160 Å². The minimum atomic E-state index is 0.0860. The van der Waals surface area contributed by atoms with Gasteiger partial charge in [0.25, 0.3) is 0 Å². The molecule has 3 aromatic rings. The summed E-state index contributed by atoms with van der Waals surface area (Å²) in [5.74, 6) is 1.24. The summed E-state index contributed by atoms with van der Waals surface area (Å²) in [6.45, 7) is 0.483. The monoisotopic (exact) mass is 385 g/mol. The standard InChI is InChI=1S/C19H19N3O2S2/c23-17(12-26-19-18-16(8-10-25-18)20-13-21-19)22(11-15-7-4-9-24-15)14-5-2-1-3-6-14/h4-5,7-10,13H,1-3,6,11-12H2. The molecule has 0 fully saturated rings. The average molecular weight is 386 g/mol. The van der Waals surface area contributed by atoms with Crippen molar-refractivity contribution in [3.8, 4) is 0 Å². The number of carbonyl (C=O) groups is 1. The zero-order valence-electron chi connectivity index (χ0n) is 14.3. The second kappa shape index (κ2) is 8.05. The number of thiophene rings is 1. The summed E-state index contributed by atoms with van der Waals surface area (Å²) in [7, 11) is 0. The maximum Gasteiger partial charge on any atom is 0.237 e. The molecule has 0 saturated heterocycles. The first-order valence-electron chi connectivity index (χ1n) is 8.64. The topological polar surface area (TPSA) is 59.2 Å². The third-order valence-electron chi connectivity index (χ3n) is 4.35. The molecule has 0 bridgehead atoms. The Hall–Kier alpha value is -2.12. The number of furan rings is 1. The highest BCUT2D eigenvalue weighted by atomic mass is 32.2. The van der Waals surface area contributed by atoms with E-state index in [-0.39, 0.29) is 5.91 Å². The van der Waals surface area contributed by atoms with Crippen molar-refractivity contribution in [2.24, 2.45) is 0 Å². The van der Waals surface area contributed by atoms with Crippen LogP contribution in [-0.4, -0.2) is 26.5 Å². The maximum absolute atomic E-state index is 13.0. The molecule has 26 heavy (non-hydrogen) atoms. The largest absolute Gasteiger partial charge is 0.467 e. The van der Waals surface area contributed by atoms with Gasteiger partial charge in [-0.3, -0.25) is 4.79 Å². The average Bonchev–Trinajstić information content (AvgIpc) is 3.36. The Bertz CT molecular complexity index is 918. The van der Waals surface area contributed by atoms with Crippen LogP contribution in [0.4, 0.5) is 0 Å². The number of hydrogen-bond acceptors (Lipinski definition) is 6. The highest BCUT2D eigenvalue weighted by Gasteiger charge is 2.21. The Morgan fingerprint density at radius 1 is 1.31 bits per heavy atom. The van der Waals surface area contributed by atoms with Gasteiger partial charge in [-0.2, -0.15) is 0 Å². The predicted molar refractivity (Wildman–Crippen MR) is 104 cm³/mol. The van der Waals surface area contributed by atoms with Crippen molar-refractivity contribution < 1.29 is 9.21 Å². The van der Waals surface area contributed by atoms with Crippen LogP contribution in [0.5, 0.6) is 0 Å². The van der Waals surface area contributed by atoms with Crippen LogP contribution < -0.4 is 0 Å². The summed E-state index contributed by atoms with van der Waals surface area (Å²) >= 11 is 3.09. The lowest BCUT2D eigenvalue weighted by Crippen LogP contribution is -2.32. The summed E-state index contributed by atoms with van der Waals surface area (Å²) in [5, 5.41) is 2.87. The second-order valence-corrected chi connectivity index (χ2v) is 7.98. The fourth-order valence-electron chi connectivity index (χ4n) is 3.05. The number of carbonyl (C=O) groups excluding carboxylic acids is 1. The Kier molecular flexibility index (Phi) is 5.36. The van der Waals surface area contributed by atoms with E-state index < -0.39 is 0 Å². The highest BCUT2D eigenvalue weighted by Crippen LogP contribution is 2.30. The number of aromatic nitrogens is 2. The number of rotatable bonds is 6. The lowest BCUT2D eigenvalue weighted by atomic mass is 10.0. The van der Waals surface area contributed by atoms with Crippen LogP contribution in [-0.2, 0) is 11.3 Å². The van der Waals surface area contributed by atoms with Crippen molar-refractivity contribution in [2.75, 3.05) is 5.75 Å². The number of allylic oxidation sites excluding steroid dienone is 2. The minimum absolute atomic E-state index is 0.0860. The molecule has 0 unspecified atom stereocenters. The smallest absolute Gasteiger partial charge is 0.237 e. The van der Waals surface area contributed by atoms with Crippen molar-refractivity contribution >= 4 is 39.2 Å². The third-order valence-corrected chi connectivity index (χ3v) is 6.37. The van der Waals surface area contributed by atoms with Crippen molar-refractivity contribution in [2.45, 2.75) is 37.3 Å². The molecule has 0 radical (unpaired) electrons. The first-order valence-corrected chi connectivity index (χ1v) is 10.5. The van der Waals surface area contributed by atoms with Crippen LogP contribution >= 0.6 is 23.1 Å². The summed E-state index contributed by atoms with van der Waals surface area (Å²) in [4.78, 5) is 23.5. The van der Waals surface area contributed by atoms with E-state index in [2.05, 4.69) is 16.0 Å². The van der Waals surface area contributed by atoms with E-state index in [0.717, 1.165) is 46.0 Å². The molecule has 1 aliphatic carbocycles. The minimum Gasteiger partial charge on any atom is -0.467 e. The fraction of sp³-hybridized carbons (Fsp3) is 0.316. The number of hydrogen-bond donors (Lipinski definition) is 0. The normalized spacial score (nSPS) is 14.4. The molecule has 4 rings (SSSR count).